The van der Waals surface area contributed by atoms with Gasteiger partial charge in [-0.25, -0.2) is 0 Å². The third kappa shape index (κ3) is 4.60. The molecule has 1 aromatic rings. The summed E-state index contributed by atoms with van der Waals surface area (Å²) in [5, 5.41) is 0. The van der Waals surface area contributed by atoms with Gasteiger partial charge in [0, 0.05) is 31.3 Å². The number of nitrogens with two attached hydrogens (primary N) is 1. The molecule has 2 aliphatic rings. The van der Waals surface area contributed by atoms with Crippen molar-refractivity contribution in [3.8, 4) is 0 Å². The summed E-state index contributed by atoms with van der Waals surface area (Å²) in [5.74, 6) is 1.34. The molecular formula is C23H35N3O. The molecule has 2 heterocycles. The second-order valence-corrected chi connectivity index (χ2v) is 8.49. The van der Waals surface area contributed by atoms with Gasteiger partial charge in [-0.1, -0.05) is 57.0 Å². The van der Waals surface area contributed by atoms with Crippen molar-refractivity contribution in [1.82, 2.24) is 4.90 Å². The first-order valence-electron chi connectivity index (χ1n) is 10.7. The van der Waals surface area contributed by atoms with E-state index in [4.69, 9.17) is 10.7 Å². The van der Waals surface area contributed by atoms with E-state index >= 15 is 0 Å². The number of amidine groups is 1. The van der Waals surface area contributed by atoms with Crippen LogP contribution in [0.5, 0.6) is 0 Å². The topological polar surface area (TPSA) is 58.7 Å². The van der Waals surface area contributed by atoms with Crippen LogP contribution in [0.15, 0.2) is 35.3 Å². The highest BCUT2D eigenvalue weighted by Crippen LogP contribution is 2.40. The molecule has 0 spiro atoms. The van der Waals surface area contributed by atoms with Crippen LogP contribution in [0.3, 0.4) is 0 Å². The maximum Gasteiger partial charge on any atom is 0.163 e. The van der Waals surface area contributed by atoms with Gasteiger partial charge in [-0.15, -0.1) is 0 Å². The van der Waals surface area contributed by atoms with E-state index in [9.17, 15) is 4.79 Å². The second kappa shape index (κ2) is 9.01. The maximum absolute atomic E-state index is 13.5. The van der Waals surface area contributed by atoms with Crippen LogP contribution >= 0.6 is 0 Å². The number of hydrogen-bond donors (Lipinski definition) is 1. The van der Waals surface area contributed by atoms with Crippen molar-refractivity contribution in [3.05, 3.63) is 35.9 Å². The highest BCUT2D eigenvalue weighted by molar-refractivity contribution is 5.96. The fourth-order valence-electron chi connectivity index (χ4n) is 4.84. The summed E-state index contributed by atoms with van der Waals surface area (Å²) in [6.45, 7) is 7.24. The number of aliphatic imine (C=N–C) groups is 1. The molecule has 27 heavy (non-hydrogen) atoms. The molecule has 0 amide bonds. The number of hydrogen-bond acceptors (Lipinski definition) is 4. The van der Waals surface area contributed by atoms with Gasteiger partial charge in [-0.2, -0.15) is 0 Å². The molecule has 1 fully saturated rings. The molecule has 0 bridgehead atoms. The van der Waals surface area contributed by atoms with Crippen molar-refractivity contribution in [2.45, 2.75) is 70.9 Å². The van der Waals surface area contributed by atoms with Crippen LogP contribution in [0.1, 0.15) is 64.4 Å². The van der Waals surface area contributed by atoms with Crippen molar-refractivity contribution in [2.75, 3.05) is 13.1 Å². The molecule has 0 radical (unpaired) electrons. The van der Waals surface area contributed by atoms with Crippen LogP contribution < -0.4 is 5.73 Å². The van der Waals surface area contributed by atoms with Crippen molar-refractivity contribution >= 4 is 11.6 Å². The number of carbonyl (C=O) groups excluding carboxylic acids is 1. The Labute approximate surface area is 164 Å². The summed E-state index contributed by atoms with van der Waals surface area (Å²) < 4.78 is 0. The lowest BCUT2D eigenvalue weighted by molar-refractivity contribution is -0.130. The van der Waals surface area contributed by atoms with Crippen LogP contribution in [-0.4, -0.2) is 35.1 Å². The van der Waals surface area contributed by atoms with E-state index in [0.29, 0.717) is 11.6 Å². The number of unbranched alkanes of at least 4 members (excludes halogenated alkanes) is 1. The largest absolute Gasteiger partial charge is 0.387 e. The Hall–Kier alpha value is -1.68. The van der Waals surface area contributed by atoms with Gasteiger partial charge in [-0.3, -0.25) is 14.7 Å². The molecular weight excluding hydrogens is 334 g/mol. The highest BCUT2D eigenvalue weighted by atomic mass is 16.1. The molecule has 4 nitrogen and oxygen atoms in total. The first-order chi connectivity index (χ1) is 13.0. The molecule has 2 aliphatic heterocycles. The minimum atomic E-state index is -0.606. The average molecular weight is 370 g/mol. The number of ketones is 1. The first kappa shape index (κ1) is 20.1. The van der Waals surface area contributed by atoms with Gasteiger partial charge in [0.2, 0.25) is 0 Å². The lowest BCUT2D eigenvalue weighted by Crippen LogP contribution is -2.53. The lowest BCUT2D eigenvalue weighted by Gasteiger charge is -2.43. The van der Waals surface area contributed by atoms with Crippen molar-refractivity contribution in [1.29, 1.82) is 0 Å². The van der Waals surface area contributed by atoms with E-state index in [2.05, 4.69) is 49.1 Å². The molecule has 1 aromatic carbocycles. The number of Topliss-reactive ketones (excluding diaryl/α,β-unsaturated/α-hetero) is 1. The molecule has 1 saturated heterocycles. The van der Waals surface area contributed by atoms with Gasteiger partial charge in [0.25, 0.3) is 0 Å². The molecule has 0 aliphatic carbocycles. The number of benzene rings is 1. The van der Waals surface area contributed by atoms with Crippen LogP contribution in [0.2, 0.25) is 0 Å². The van der Waals surface area contributed by atoms with Gasteiger partial charge in [0.15, 0.2) is 5.78 Å². The predicted molar refractivity (Wildman–Crippen MR) is 112 cm³/mol. The van der Waals surface area contributed by atoms with Crippen LogP contribution in [0.4, 0.5) is 0 Å². The molecule has 148 valence electrons. The predicted octanol–water partition coefficient (Wildman–Crippen LogP) is 4.18. The van der Waals surface area contributed by atoms with Crippen molar-refractivity contribution in [2.24, 2.45) is 22.6 Å². The van der Waals surface area contributed by atoms with E-state index in [-0.39, 0.29) is 11.8 Å². The van der Waals surface area contributed by atoms with Crippen molar-refractivity contribution in [3.63, 3.8) is 0 Å². The highest BCUT2D eigenvalue weighted by Gasteiger charge is 2.48. The summed E-state index contributed by atoms with van der Waals surface area (Å²) in [4.78, 5) is 21.0. The smallest absolute Gasteiger partial charge is 0.163 e. The average Bonchev–Trinajstić information content (AvgIpc) is 2.79. The van der Waals surface area contributed by atoms with Gasteiger partial charge < -0.3 is 5.73 Å². The fourth-order valence-corrected chi connectivity index (χ4v) is 4.84. The van der Waals surface area contributed by atoms with E-state index in [1.54, 1.807) is 0 Å². The van der Waals surface area contributed by atoms with Gasteiger partial charge in [-0.05, 0) is 37.8 Å². The van der Waals surface area contributed by atoms with E-state index < -0.39 is 5.54 Å². The minimum Gasteiger partial charge on any atom is -0.387 e. The summed E-state index contributed by atoms with van der Waals surface area (Å²) >= 11 is 0. The molecule has 4 heteroatoms. The Kier molecular flexibility index (Phi) is 6.69. The molecule has 3 rings (SSSR count). The zero-order valence-corrected chi connectivity index (χ0v) is 17.0. The maximum atomic E-state index is 13.5. The number of likely N-dealkylation sites (tertiary alicyclic amines) is 1. The zero-order valence-electron chi connectivity index (χ0n) is 17.0. The number of rotatable bonds is 6. The van der Waals surface area contributed by atoms with Crippen molar-refractivity contribution < 1.29 is 4.79 Å². The normalized spacial score (nSPS) is 30.0. The Morgan fingerprint density at radius 3 is 2.78 bits per heavy atom. The van der Waals surface area contributed by atoms with Gasteiger partial charge in [0.1, 0.15) is 5.54 Å². The Balaban J connectivity index is 1.85. The summed E-state index contributed by atoms with van der Waals surface area (Å²) in [6.07, 6.45) is 6.75. The lowest BCUT2D eigenvalue weighted by atomic mass is 9.70. The number of piperidine rings is 1. The third-order valence-corrected chi connectivity index (χ3v) is 6.39. The zero-order chi connectivity index (χ0) is 19.3. The molecule has 1 unspecified atom stereocenters. The van der Waals surface area contributed by atoms with Gasteiger partial charge in [0.05, 0.1) is 5.84 Å². The third-order valence-electron chi connectivity index (χ3n) is 6.39. The van der Waals surface area contributed by atoms with Crippen LogP contribution in [-0.2, 0) is 11.3 Å². The SMILES string of the molecule is CCCC[C@]1([C@@H]2CCCN(Cc3ccccc3)C2)N=C(N)CCC(C)C1=O. The Bertz CT molecular complexity index is 657. The summed E-state index contributed by atoms with van der Waals surface area (Å²) in [5.41, 5.74) is 6.99. The van der Waals surface area contributed by atoms with E-state index in [1.165, 1.54) is 5.56 Å². The molecule has 0 saturated carbocycles. The van der Waals surface area contributed by atoms with Gasteiger partial charge >= 0.3 is 0 Å². The Morgan fingerprint density at radius 1 is 1.26 bits per heavy atom. The number of nitrogens with zero attached hydrogens (tertiary/aromatic N) is 2. The summed E-state index contributed by atoms with van der Waals surface area (Å²) in [6, 6.07) is 10.6. The standard InChI is InChI=1S/C23H35N3O/c1-3-4-14-23(22(27)18(2)12-13-21(24)25-23)20-11-8-15-26(17-20)16-19-9-6-5-7-10-19/h5-7,9-10,18,20H,3-4,8,11-17H2,1-2H3,(H2,24,25)/t18?,20-,23-/m1/s1. The van der Waals surface area contributed by atoms with Crippen LogP contribution in [0, 0.1) is 11.8 Å². The van der Waals surface area contributed by atoms with E-state index in [0.717, 1.165) is 64.6 Å². The minimum absolute atomic E-state index is 0.0520. The van der Waals surface area contributed by atoms with Crippen LogP contribution in [0.25, 0.3) is 0 Å². The number of carbonyl (C=O) groups is 1. The molecule has 3 atom stereocenters. The molecule has 2 N–H and O–H groups in total. The summed E-state index contributed by atoms with van der Waals surface area (Å²) in [7, 11) is 0. The Morgan fingerprint density at radius 2 is 2.04 bits per heavy atom. The quantitative estimate of drug-likeness (QED) is 0.818. The first-order valence-corrected chi connectivity index (χ1v) is 10.7. The second-order valence-electron chi connectivity index (χ2n) is 8.49. The fraction of sp³-hybridized carbons (Fsp3) is 0.652. The monoisotopic (exact) mass is 369 g/mol. The van der Waals surface area contributed by atoms with E-state index in [1.807, 2.05) is 0 Å². The molecule has 0 aromatic heterocycles.